The molecular formula is C19H28N2O3S. The maximum Gasteiger partial charge on any atom is 0.317 e. The number of carbonyl (C=O) groups is 1. The van der Waals surface area contributed by atoms with Gasteiger partial charge in [-0.2, -0.15) is 0 Å². The highest BCUT2D eigenvalue weighted by Gasteiger charge is 2.30. The molecular weight excluding hydrogens is 336 g/mol. The van der Waals surface area contributed by atoms with Crippen LogP contribution in [0.3, 0.4) is 0 Å². The second-order valence-corrected chi connectivity index (χ2v) is 9.77. The summed E-state index contributed by atoms with van der Waals surface area (Å²) in [5, 5.41) is 2.73. The van der Waals surface area contributed by atoms with Crippen LogP contribution >= 0.6 is 0 Å². The van der Waals surface area contributed by atoms with Crippen LogP contribution in [0.5, 0.6) is 0 Å². The molecule has 0 aromatic heterocycles. The second-order valence-electron chi connectivity index (χ2n) is 7.20. The number of hydrogen-bond donors (Lipinski definition) is 1. The molecule has 2 aliphatic rings. The van der Waals surface area contributed by atoms with Crippen molar-refractivity contribution in [3.05, 3.63) is 35.4 Å². The molecule has 1 heterocycles. The van der Waals surface area contributed by atoms with E-state index < -0.39 is 9.84 Å². The van der Waals surface area contributed by atoms with Crippen molar-refractivity contribution in [2.75, 3.05) is 25.4 Å². The lowest BCUT2D eigenvalue weighted by Gasteiger charge is -2.31. The first-order valence-electron chi connectivity index (χ1n) is 9.30. The highest BCUT2D eigenvalue weighted by molar-refractivity contribution is 7.92. The minimum Gasteiger partial charge on any atom is -0.338 e. The number of carbonyl (C=O) groups excluding carboxylic acids is 1. The molecule has 1 aliphatic heterocycles. The molecule has 1 aliphatic carbocycles. The molecule has 0 radical (unpaired) electrons. The number of amides is 2. The van der Waals surface area contributed by atoms with E-state index in [4.69, 9.17) is 0 Å². The van der Waals surface area contributed by atoms with Gasteiger partial charge in [-0.3, -0.25) is 0 Å². The van der Waals surface area contributed by atoms with Gasteiger partial charge in [-0.1, -0.05) is 31.2 Å². The van der Waals surface area contributed by atoms with Gasteiger partial charge in [-0.25, -0.2) is 13.2 Å². The predicted molar refractivity (Wildman–Crippen MR) is 99.4 cm³/mol. The molecule has 1 aromatic carbocycles. The third-order valence-corrected chi connectivity index (χ3v) is 7.90. The number of hydrogen-bond acceptors (Lipinski definition) is 3. The molecule has 0 saturated carbocycles. The molecule has 0 unspecified atom stereocenters. The van der Waals surface area contributed by atoms with Crippen molar-refractivity contribution in [2.45, 2.75) is 44.3 Å². The van der Waals surface area contributed by atoms with Crippen LogP contribution in [0.1, 0.15) is 37.3 Å². The Morgan fingerprint density at radius 1 is 1.16 bits per heavy atom. The first-order valence-corrected chi connectivity index (χ1v) is 11.0. The molecule has 0 spiro atoms. The summed E-state index contributed by atoms with van der Waals surface area (Å²) in [4.78, 5) is 14.0. The van der Waals surface area contributed by atoms with Crippen LogP contribution in [0.2, 0.25) is 0 Å². The Balaban J connectivity index is 1.38. The third kappa shape index (κ3) is 4.35. The fourth-order valence-electron chi connectivity index (χ4n) is 4.00. The van der Waals surface area contributed by atoms with Gasteiger partial charge < -0.3 is 10.2 Å². The summed E-state index contributed by atoms with van der Waals surface area (Å²) in [7, 11) is -2.98. The summed E-state index contributed by atoms with van der Waals surface area (Å²) in [5.41, 5.74) is 2.89. The number of likely N-dealkylation sites (tertiary alicyclic amines) is 1. The maximum absolute atomic E-state index is 12.3. The number of benzene rings is 1. The average molecular weight is 365 g/mol. The first kappa shape index (κ1) is 18.2. The smallest absolute Gasteiger partial charge is 0.317 e. The fourth-order valence-corrected chi connectivity index (χ4v) is 5.40. The number of nitrogens with one attached hydrogen (secondary N) is 1. The molecule has 138 valence electrons. The Morgan fingerprint density at radius 2 is 1.76 bits per heavy atom. The molecule has 1 saturated heterocycles. The van der Waals surface area contributed by atoms with Crippen molar-refractivity contribution >= 4 is 15.9 Å². The number of fused-ring (bicyclic) bond motifs is 1. The van der Waals surface area contributed by atoms with Crippen molar-refractivity contribution < 1.29 is 13.2 Å². The number of sulfone groups is 1. The Kier molecular flexibility index (Phi) is 5.67. The van der Waals surface area contributed by atoms with Gasteiger partial charge in [0, 0.05) is 25.4 Å². The lowest BCUT2D eigenvalue weighted by Crippen LogP contribution is -2.47. The van der Waals surface area contributed by atoms with Crippen LogP contribution in [-0.2, 0) is 22.7 Å². The summed E-state index contributed by atoms with van der Waals surface area (Å²) in [5.74, 6) is 0.798. The Bertz CT molecular complexity index is 684. The Morgan fingerprint density at radius 3 is 2.32 bits per heavy atom. The van der Waals surface area contributed by atoms with E-state index in [1.807, 2.05) is 0 Å². The van der Waals surface area contributed by atoms with E-state index in [0.29, 0.717) is 38.4 Å². The van der Waals surface area contributed by atoms with Gasteiger partial charge in [0.1, 0.15) is 0 Å². The third-order valence-electron chi connectivity index (χ3n) is 5.60. The molecule has 6 heteroatoms. The normalized spacial score (nSPS) is 19.0. The number of nitrogens with zero attached hydrogens (tertiary/aromatic N) is 1. The molecule has 3 rings (SSSR count). The molecule has 1 fully saturated rings. The van der Waals surface area contributed by atoms with Crippen molar-refractivity contribution in [3.63, 3.8) is 0 Å². The summed E-state index contributed by atoms with van der Waals surface area (Å²) >= 11 is 0. The molecule has 0 atom stereocenters. The first-order chi connectivity index (χ1) is 12.0. The van der Waals surface area contributed by atoms with Crippen LogP contribution in [-0.4, -0.2) is 50.0 Å². The van der Waals surface area contributed by atoms with E-state index >= 15 is 0 Å². The maximum atomic E-state index is 12.3. The van der Waals surface area contributed by atoms with Gasteiger partial charge in [0.15, 0.2) is 9.84 Å². The topological polar surface area (TPSA) is 66.5 Å². The van der Waals surface area contributed by atoms with Gasteiger partial charge in [-0.15, -0.1) is 0 Å². The summed E-state index contributed by atoms with van der Waals surface area (Å²) in [6, 6.07) is 8.52. The zero-order chi connectivity index (χ0) is 17.9. The lowest BCUT2D eigenvalue weighted by molar-refractivity contribution is 0.186. The molecule has 1 aromatic rings. The van der Waals surface area contributed by atoms with Gasteiger partial charge >= 0.3 is 6.03 Å². The van der Waals surface area contributed by atoms with E-state index in [2.05, 4.69) is 29.6 Å². The van der Waals surface area contributed by atoms with Crippen molar-refractivity contribution in [3.8, 4) is 0 Å². The summed E-state index contributed by atoms with van der Waals surface area (Å²) < 4.78 is 23.8. The van der Waals surface area contributed by atoms with Gasteiger partial charge in [0.2, 0.25) is 0 Å². The average Bonchev–Trinajstić information content (AvgIpc) is 3.04. The van der Waals surface area contributed by atoms with Crippen LogP contribution in [0.25, 0.3) is 0 Å². The Hall–Kier alpha value is -1.56. The van der Waals surface area contributed by atoms with Gasteiger partial charge in [-0.05, 0) is 49.1 Å². The van der Waals surface area contributed by atoms with E-state index in [1.165, 1.54) is 11.1 Å². The summed E-state index contributed by atoms with van der Waals surface area (Å²) in [6.45, 7) is 3.44. The highest BCUT2D eigenvalue weighted by Crippen LogP contribution is 2.28. The zero-order valence-electron chi connectivity index (χ0n) is 14.9. The van der Waals surface area contributed by atoms with Gasteiger partial charge in [0.25, 0.3) is 0 Å². The highest BCUT2D eigenvalue weighted by atomic mass is 32.2. The second kappa shape index (κ2) is 7.77. The minimum atomic E-state index is -2.98. The van der Waals surface area contributed by atoms with E-state index in [1.54, 1.807) is 11.8 Å². The molecule has 1 N–H and O–H groups in total. The van der Waals surface area contributed by atoms with Crippen LogP contribution < -0.4 is 5.32 Å². The monoisotopic (exact) mass is 364 g/mol. The van der Waals surface area contributed by atoms with E-state index in [-0.39, 0.29) is 17.0 Å². The number of urea groups is 1. The quantitative estimate of drug-likeness (QED) is 0.872. The molecule has 2 amide bonds. The lowest BCUT2D eigenvalue weighted by atomic mass is 10.0. The number of piperidine rings is 1. The molecule has 0 bridgehead atoms. The van der Waals surface area contributed by atoms with Crippen LogP contribution in [0, 0.1) is 5.92 Å². The zero-order valence-corrected chi connectivity index (χ0v) is 15.7. The Labute approximate surface area is 150 Å². The van der Waals surface area contributed by atoms with Gasteiger partial charge in [0.05, 0.1) is 5.25 Å². The fraction of sp³-hybridized carbons (Fsp3) is 0.632. The van der Waals surface area contributed by atoms with Crippen LogP contribution in [0.15, 0.2) is 24.3 Å². The molecule has 25 heavy (non-hydrogen) atoms. The number of rotatable bonds is 5. The predicted octanol–water partition coefficient (Wildman–Crippen LogP) is 2.40. The molecule has 5 nitrogen and oxygen atoms in total. The van der Waals surface area contributed by atoms with E-state index in [0.717, 1.165) is 19.3 Å². The SMILES string of the molecule is CCS(=O)(=O)C1CCN(C(=O)NCCC2Cc3ccccc3C2)CC1. The van der Waals surface area contributed by atoms with Crippen molar-refractivity contribution in [2.24, 2.45) is 5.92 Å². The van der Waals surface area contributed by atoms with Crippen molar-refractivity contribution in [1.82, 2.24) is 10.2 Å². The van der Waals surface area contributed by atoms with Crippen molar-refractivity contribution in [1.29, 1.82) is 0 Å². The summed E-state index contributed by atoms with van der Waals surface area (Å²) in [6.07, 6.45) is 4.31. The standard InChI is InChI=1S/C19H28N2O3S/c1-2-25(23,24)18-8-11-21(12-9-18)19(22)20-10-7-15-13-16-5-3-4-6-17(16)14-15/h3-6,15,18H,2,7-14H2,1H3,(H,20,22). The minimum absolute atomic E-state index is 0.0529. The largest absolute Gasteiger partial charge is 0.338 e. The van der Waals surface area contributed by atoms with Crippen LogP contribution in [0.4, 0.5) is 4.79 Å². The van der Waals surface area contributed by atoms with E-state index in [9.17, 15) is 13.2 Å².